The number of aromatic nitrogens is 1. The van der Waals surface area contributed by atoms with Crippen molar-refractivity contribution in [3.63, 3.8) is 0 Å². The number of aromatic amines is 1. The number of hydrogen-bond donors (Lipinski definition) is 5. The molecule has 4 aromatic rings. The lowest BCUT2D eigenvalue weighted by molar-refractivity contribution is -0.139. The predicted octanol–water partition coefficient (Wildman–Crippen LogP) is 4.70. The molecule has 0 saturated carbocycles. The van der Waals surface area contributed by atoms with Gasteiger partial charge in [-0.2, -0.15) is 0 Å². The fourth-order valence-electron chi connectivity index (χ4n) is 4.47. The summed E-state index contributed by atoms with van der Waals surface area (Å²) in [5.74, 6) is -1.49. The van der Waals surface area contributed by atoms with Gasteiger partial charge in [-0.15, -0.1) is 0 Å². The van der Waals surface area contributed by atoms with Gasteiger partial charge in [0.2, 0.25) is 0 Å². The Morgan fingerprint density at radius 3 is 2.18 bits per heavy atom. The number of benzene rings is 3. The zero-order chi connectivity index (χ0) is 31.7. The van der Waals surface area contributed by atoms with E-state index in [1.807, 2.05) is 54.6 Å². The zero-order valence-electron chi connectivity index (χ0n) is 24.8. The molecule has 0 aliphatic heterocycles. The van der Waals surface area contributed by atoms with Crippen LogP contribution in [0.2, 0.25) is 0 Å². The Morgan fingerprint density at radius 1 is 0.818 bits per heavy atom. The molecule has 44 heavy (non-hydrogen) atoms. The molecule has 4 rings (SSSR count). The van der Waals surface area contributed by atoms with Gasteiger partial charge in [0.1, 0.15) is 30.0 Å². The van der Waals surface area contributed by atoms with E-state index >= 15 is 0 Å². The van der Waals surface area contributed by atoms with Crippen molar-refractivity contribution in [3.8, 4) is 5.75 Å². The number of hydrogen-bond acceptors (Lipinski definition) is 6. The number of amides is 4. The molecule has 2 atom stereocenters. The minimum Gasteiger partial charge on any atom is -0.489 e. The summed E-state index contributed by atoms with van der Waals surface area (Å²) < 4.78 is 11.1. The minimum absolute atomic E-state index is 0.0146. The van der Waals surface area contributed by atoms with E-state index in [2.05, 4.69) is 20.9 Å². The van der Waals surface area contributed by atoms with Gasteiger partial charge < -0.3 is 30.2 Å². The third-order valence-electron chi connectivity index (χ3n) is 6.56. The van der Waals surface area contributed by atoms with Crippen LogP contribution in [0, 0.1) is 0 Å². The summed E-state index contributed by atoms with van der Waals surface area (Å²) in [6.45, 7) is 5.44. The number of aliphatic carboxylic acids is 1. The average molecular weight is 601 g/mol. The molecule has 4 amide bonds. The quantitative estimate of drug-likeness (QED) is 0.167. The maximum absolute atomic E-state index is 13.2. The summed E-state index contributed by atoms with van der Waals surface area (Å²) in [5, 5.41) is 17.6. The highest BCUT2D eigenvalue weighted by atomic mass is 16.6. The van der Waals surface area contributed by atoms with Crippen molar-refractivity contribution in [2.24, 2.45) is 0 Å². The molecule has 11 nitrogen and oxygen atoms in total. The van der Waals surface area contributed by atoms with Crippen LogP contribution < -0.4 is 20.7 Å². The van der Waals surface area contributed by atoms with Crippen LogP contribution >= 0.6 is 0 Å². The van der Waals surface area contributed by atoms with Crippen LogP contribution in [0.25, 0.3) is 10.9 Å². The largest absolute Gasteiger partial charge is 0.489 e. The first-order chi connectivity index (χ1) is 21.0. The van der Waals surface area contributed by atoms with Crippen molar-refractivity contribution in [1.82, 2.24) is 20.9 Å². The SMILES string of the molecule is CC(C)(C)OC(=O)N[C@@H](Cc1ccc(OCc2ccccc2)cc1)C(=O)NC(=O)N[C@@H](Cc1c[nH]c2ccccc12)C(=O)O. The Hall–Kier alpha value is -5.32. The molecule has 230 valence electrons. The third-order valence-corrected chi connectivity index (χ3v) is 6.56. The lowest BCUT2D eigenvalue weighted by atomic mass is 10.0. The summed E-state index contributed by atoms with van der Waals surface area (Å²) in [6, 6.07) is 20.5. The number of carboxylic acids is 1. The van der Waals surface area contributed by atoms with Gasteiger partial charge in [-0.3, -0.25) is 10.1 Å². The molecule has 1 aromatic heterocycles. The summed E-state index contributed by atoms with van der Waals surface area (Å²) in [7, 11) is 0. The van der Waals surface area contributed by atoms with E-state index in [1.54, 1.807) is 51.2 Å². The number of ether oxygens (including phenoxy) is 2. The first kappa shape index (κ1) is 31.6. The second-order valence-electron chi connectivity index (χ2n) is 11.2. The Kier molecular flexibility index (Phi) is 10.2. The number of nitrogens with one attached hydrogen (secondary N) is 4. The highest BCUT2D eigenvalue weighted by molar-refractivity contribution is 5.99. The molecule has 0 spiro atoms. The van der Waals surface area contributed by atoms with Crippen molar-refractivity contribution in [2.45, 2.75) is 57.9 Å². The number of carbonyl (C=O) groups excluding carboxylic acids is 3. The predicted molar refractivity (Wildman–Crippen MR) is 164 cm³/mol. The van der Waals surface area contributed by atoms with Crippen molar-refractivity contribution < 1.29 is 33.8 Å². The molecule has 3 aromatic carbocycles. The molecule has 0 radical (unpaired) electrons. The van der Waals surface area contributed by atoms with Crippen LogP contribution in [0.3, 0.4) is 0 Å². The van der Waals surface area contributed by atoms with Gasteiger partial charge in [0.05, 0.1) is 0 Å². The van der Waals surface area contributed by atoms with E-state index in [-0.39, 0.29) is 12.8 Å². The second kappa shape index (κ2) is 14.2. The number of rotatable bonds is 11. The summed E-state index contributed by atoms with van der Waals surface area (Å²) in [4.78, 5) is 53.6. The topological polar surface area (TPSA) is 159 Å². The Labute approximate surface area is 254 Å². The summed E-state index contributed by atoms with van der Waals surface area (Å²) in [6.07, 6.45) is 0.849. The van der Waals surface area contributed by atoms with Gasteiger partial charge in [0.25, 0.3) is 5.91 Å². The van der Waals surface area contributed by atoms with Crippen molar-refractivity contribution >= 4 is 34.9 Å². The van der Waals surface area contributed by atoms with E-state index in [1.165, 1.54) is 0 Å². The highest BCUT2D eigenvalue weighted by Crippen LogP contribution is 2.19. The monoisotopic (exact) mass is 600 g/mol. The first-order valence-electron chi connectivity index (χ1n) is 14.1. The molecular weight excluding hydrogens is 564 g/mol. The van der Waals surface area contributed by atoms with E-state index in [4.69, 9.17) is 9.47 Å². The molecule has 1 heterocycles. The van der Waals surface area contributed by atoms with Crippen LogP contribution in [-0.4, -0.2) is 51.8 Å². The standard InChI is InChI=1S/C33H36N4O7/c1-33(2,3)44-32(42)36-27(17-21-13-15-24(16-14-21)43-20-22-9-5-4-6-10-22)29(38)37-31(41)35-28(30(39)40)18-23-19-34-26-12-8-7-11-25(23)26/h4-16,19,27-28,34H,17-18,20H2,1-3H3,(H,36,42)(H,39,40)(H2,35,37,38,41)/t27-,28-/m0/s1. The number of urea groups is 1. The van der Waals surface area contributed by atoms with Crippen molar-refractivity contribution in [1.29, 1.82) is 0 Å². The van der Waals surface area contributed by atoms with Crippen LogP contribution in [0.4, 0.5) is 9.59 Å². The summed E-state index contributed by atoms with van der Waals surface area (Å²) >= 11 is 0. The fraction of sp³-hybridized carbons (Fsp3) is 0.273. The number of carboxylic acid groups (broad SMARTS) is 1. The first-order valence-corrected chi connectivity index (χ1v) is 14.1. The second-order valence-corrected chi connectivity index (χ2v) is 11.2. The zero-order valence-corrected chi connectivity index (χ0v) is 24.8. The Bertz CT molecular complexity index is 1590. The molecule has 5 N–H and O–H groups in total. The van der Waals surface area contributed by atoms with Crippen molar-refractivity contribution in [3.05, 3.63) is 102 Å². The molecule has 0 unspecified atom stereocenters. The molecule has 0 saturated heterocycles. The number of imide groups is 1. The third kappa shape index (κ3) is 9.35. The number of H-pyrrole nitrogens is 1. The molecule has 0 fully saturated rings. The maximum Gasteiger partial charge on any atom is 0.408 e. The molecule has 0 aliphatic rings. The van der Waals surface area contributed by atoms with Gasteiger partial charge in [-0.05, 0) is 55.7 Å². The van der Waals surface area contributed by atoms with Gasteiger partial charge in [0, 0.05) is 29.9 Å². The van der Waals surface area contributed by atoms with E-state index < -0.39 is 41.7 Å². The van der Waals surface area contributed by atoms with Gasteiger partial charge in [0.15, 0.2) is 0 Å². The Morgan fingerprint density at radius 2 is 1.50 bits per heavy atom. The van der Waals surface area contributed by atoms with Gasteiger partial charge in [-0.25, -0.2) is 14.4 Å². The fourth-order valence-corrected chi connectivity index (χ4v) is 4.47. The smallest absolute Gasteiger partial charge is 0.408 e. The van der Waals surface area contributed by atoms with Gasteiger partial charge >= 0.3 is 18.1 Å². The Balaban J connectivity index is 1.41. The summed E-state index contributed by atoms with van der Waals surface area (Å²) in [5.41, 5.74) is 2.40. The number of fused-ring (bicyclic) bond motifs is 1. The van der Waals surface area contributed by atoms with Gasteiger partial charge in [-0.1, -0.05) is 60.7 Å². The van der Waals surface area contributed by atoms with E-state index in [0.717, 1.165) is 16.5 Å². The van der Waals surface area contributed by atoms with Crippen molar-refractivity contribution in [2.75, 3.05) is 0 Å². The molecular formula is C33H36N4O7. The van der Waals surface area contributed by atoms with E-state index in [9.17, 15) is 24.3 Å². The number of alkyl carbamates (subject to hydrolysis) is 1. The van der Waals surface area contributed by atoms with Crippen LogP contribution in [0.5, 0.6) is 5.75 Å². The minimum atomic E-state index is -1.32. The lowest BCUT2D eigenvalue weighted by Gasteiger charge is -2.23. The maximum atomic E-state index is 13.2. The number of para-hydroxylation sites is 1. The van der Waals surface area contributed by atoms with Crippen LogP contribution in [0.15, 0.2) is 85.1 Å². The molecule has 0 aliphatic carbocycles. The highest BCUT2D eigenvalue weighted by Gasteiger charge is 2.28. The van der Waals surface area contributed by atoms with E-state index in [0.29, 0.717) is 23.5 Å². The van der Waals surface area contributed by atoms with Crippen LogP contribution in [-0.2, 0) is 33.8 Å². The normalized spacial score (nSPS) is 12.5. The average Bonchev–Trinajstić information content (AvgIpc) is 3.38. The number of carbonyl (C=O) groups is 4. The van der Waals surface area contributed by atoms with Crippen LogP contribution in [0.1, 0.15) is 37.5 Å². The lowest BCUT2D eigenvalue weighted by Crippen LogP contribution is -2.55. The molecule has 0 bridgehead atoms. The molecule has 11 heteroatoms.